The molecule has 0 radical (unpaired) electrons. The molecule has 0 saturated heterocycles. The van der Waals surface area contributed by atoms with E-state index in [2.05, 4.69) is 48.0 Å². The van der Waals surface area contributed by atoms with Gasteiger partial charge in [0, 0.05) is 21.2 Å². The summed E-state index contributed by atoms with van der Waals surface area (Å²) >= 11 is 5.52. The fourth-order valence-corrected chi connectivity index (χ4v) is 3.07. The van der Waals surface area contributed by atoms with E-state index in [1.807, 2.05) is 18.7 Å². The molecule has 2 N–H and O–H groups in total. The third-order valence-electron chi connectivity index (χ3n) is 2.70. The van der Waals surface area contributed by atoms with Gasteiger partial charge in [0.05, 0.1) is 0 Å². The first-order valence-electron chi connectivity index (χ1n) is 5.72. The first kappa shape index (κ1) is 14.1. The molecule has 1 aromatic rings. The normalized spacial score (nSPS) is 14.8. The number of rotatable bonds is 5. The Morgan fingerprint density at radius 2 is 2.06 bits per heavy atom. The standard InChI is InChI=1S/C13H20BrNS/c1-4-9(2)8-16-13-6-5-11(10(3)15)7-12(13)14/h5-7,9-10H,4,8,15H2,1-3H3/t9?,10-/m0/s1. The van der Waals surface area contributed by atoms with Crippen LogP contribution in [0.3, 0.4) is 0 Å². The highest BCUT2D eigenvalue weighted by Crippen LogP contribution is 2.31. The number of hydrogen-bond acceptors (Lipinski definition) is 2. The number of halogens is 1. The molecule has 0 heterocycles. The van der Waals surface area contributed by atoms with Crippen LogP contribution in [0.2, 0.25) is 0 Å². The molecule has 3 heteroatoms. The Kier molecular flexibility index (Phi) is 5.87. The summed E-state index contributed by atoms with van der Waals surface area (Å²) < 4.78 is 1.16. The van der Waals surface area contributed by atoms with Gasteiger partial charge in [-0.15, -0.1) is 11.8 Å². The molecule has 1 nitrogen and oxygen atoms in total. The molecule has 0 aromatic heterocycles. The van der Waals surface area contributed by atoms with Gasteiger partial charge in [-0.3, -0.25) is 0 Å². The molecule has 1 aromatic carbocycles. The third kappa shape index (κ3) is 4.11. The van der Waals surface area contributed by atoms with Gasteiger partial charge in [-0.1, -0.05) is 26.3 Å². The van der Waals surface area contributed by atoms with Gasteiger partial charge < -0.3 is 5.73 Å². The minimum Gasteiger partial charge on any atom is -0.324 e. The molecule has 0 aliphatic carbocycles. The average Bonchev–Trinajstić information content (AvgIpc) is 2.26. The second-order valence-electron chi connectivity index (χ2n) is 4.30. The highest BCUT2D eigenvalue weighted by Gasteiger charge is 2.06. The van der Waals surface area contributed by atoms with Crippen LogP contribution in [-0.2, 0) is 0 Å². The lowest BCUT2D eigenvalue weighted by atomic mass is 10.1. The first-order chi connectivity index (χ1) is 7.54. The van der Waals surface area contributed by atoms with Crippen molar-refractivity contribution in [3.63, 3.8) is 0 Å². The summed E-state index contributed by atoms with van der Waals surface area (Å²) in [5.41, 5.74) is 7.03. The van der Waals surface area contributed by atoms with Crippen LogP contribution >= 0.6 is 27.7 Å². The molecular weight excluding hydrogens is 282 g/mol. The Hall–Kier alpha value is 0.01000. The zero-order valence-corrected chi connectivity index (χ0v) is 12.6. The molecule has 1 rings (SSSR count). The molecule has 0 amide bonds. The van der Waals surface area contributed by atoms with Crippen molar-refractivity contribution in [1.82, 2.24) is 0 Å². The van der Waals surface area contributed by atoms with E-state index in [1.165, 1.54) is 22.6 Å². The van der Waals surface area contributed by atoms with Crippen LogP contribution < -0.4 is 5.73 Å². The number of hydrogen-bond donors (Lipinski definition) is 1. The Morgan fingerprint density at radius 3 is 2.56 bits per heavy atom. The quantitative estimate of drug-likeness (QED) is 0.804. The van der Waals surface area contributed by atoms with Gasteiger partial charge in [0.15, 0.2) is 0 Å². The SMILES string of the molecule is CCC(C)CSc1ccc([C@H](C)N)cc1Br. The van der Waals surface area contributed by atoms with E-state index in [0.29, 0.717) is 0 Å². The van der Waals surface area contributed by atoms with Crippen molar-refractivity contribution in [2.24, 2.45) is 11.7 Å². The third-order valence-corrected chi connectivity index (χ3v) is 5.02. The first-order valence-corrected chi connectivity index (χ1v) is 7.50. The topological polar surface area (TPSA) is 26.0 Å². The second-order valence-corrected chi connectivity index (χ2v) is 6.22. The minimum absolute atomic E-state index is 0.102. The Morgan fingerprint density at radius 1 is 1.38 bits per heavy atom. The smallest absolute Gasteiger partial charge is 0.0314 e. The largest absolute Gasteiger partial charge is 0.324 e. The lowest BCUT2D eigenvalue weighted by Crippen LogP contribution is -2.04. The molecular formula is C13H20BrNS. The van der Waals surface area contributed by atoms with E-state index >= 15 is 0 Å². The van der Waals surface area contributed by atoms with E-state index in [-0.39, 0.29) is 6.04 Å². The zero-order valence-electron chi connectivity index (χ0n) is 10.2. The molecule has 2 atom stereocenters. The van der Waals surface area contributed by atoms with Crippen LogP contribution in [-0.4, -0.2) is 5.75 Å². The summed E-state index contributed by atoms with van der Waals surface area (Å²) in [5.74, 6) is 1.94. The van der Waals surface area contributed by atoms with Crippen molar-refractivity contribution in [2.75, 3.05) is 5.75 Å². The fourth-order valence-electron chi connectivity index (χ4n) is 1.27. The van der Waals surface area contributed by atoms with Crippen LogP contribution in [0, 0.1) is 5.92 Å². The zero-order chi connectivity index (χ0) is 12.1. The molecule has 1 unspecified atom stereocenters. The summed E-state index contributed by atoms with van der Waals surface area (Å²) in [4.78, 5) is 1.31. The second kappa shape index (κ2) is 6.67. The maximum atomic E-state index is 5.85. The molecule has 16 heavy (non-hydrogen) atoms. The summed E-state index contributed by atoms with van der Waals surface area (Å²) in [6.45, 7) is 6.53. The van der Waals surface area contributed by atoms with E-state index in [0.717, 1.165) is 10.4 Å². The van der Waals surface area contributed by atoms with Crippen LogP contribution in [0.15, 0.2) is 27.6 Å². The highest BCUT2D eigenvalue weighted by atomic mass is 79.9. The van der Waals surface area contributed by atoms with Gasteiger partial charge in [0.2, 0.25) is 0 Å². The van der Waals surface area contributed by atoms with Crippen molar-refractivity contribution in [1.29, 1.82) is 0 Å². The molecule has 0 aliphatic heterocycles. The van der Waals surface area contributed by atoms with Gasteiger partial charge >= 0.3 is 0 Å². The van der Waals surface area contributed by atoms with E-state index in [4.69, 9.17) is 5.73 Å². The maximum Gasteiger partial charge on any atom is 0.0314 e. The average molecular weight is 302 g/mol. The van der Waals surface area contributed by atoms with Crippen LogP contribution in [0.1, 0.15) is 38.8 Å². The van der Waals surface area contributed by atoms with Crippen molar-refractivity contribution >= 4 is 27.7 Å². The van der Waals surface area contributed by atoms with Crippen molar-refractivity contribution in [2.45, 2.75) is 38.1 Å². The molecule has 0 spiro atoms. The van der Waals surface area contributed by atoms with Crippen LogP contribution in [0.25, 0.3) is 0 Å². The van der Waals surface area contributed by atoms with Crippen LogP contribution in [0.5, 0.6) is 0 Å². The van der Waals surface area contributed by atoms with Crippen molar-refractivity contribution < 1.29 is 0 Å². The maximum absolute atomic E-state index is 5.85. The number of nitrogens with two attached hydrogens (primary N) is 1. The molecule has 0 bridgehead atoms. The Labute approximate surface area is 111 Å². The minimum atomic E-state index is 0.102. The van der Waals surface area contributed by atoms with Crippen molar-refractivity contribution in [3.05, 3.63) is 28.2 Å². The van der Waals surface area contributed by atoms with E-state index in [9.17, 15) is 0 Å². The monoisotopic (exact) mass is 301 g/mol. The lowest BCUT2D eigenvalue weighted by molar-refractivity contribution is 0.637. The van der Waals surface area contributed by atoms with Gasteiger partial charge in [0.25, 0.3) is 0 Å². The highest BCUT2D eigenvalue weighted by molar-refractivity contribution is 9.10. The predicted octanol–water partition coefficient (Wildman–Crippen LogP) is 4.61. The fraction of sp³-hybridized carbons (Fsp3) is 0.538. The van der Waals surface area contributed by atoms with E-state index < -0.39 is 0 Å². The predicted molar refractivity (Wildman–Crippen MR) is 76.9 cm³/mol. The molecule has 0 saturated carbocycles. The molecule has 90 valence electrons. The number of benzene rings is 1. The summed E-state index contributed by atoms with van der Waals surface area (Å²) in [6, 6.07) is 6.51. The Balaban J connectivity index is 2.68. The Bertz CT molecular complexity index is 339. The van der Waals surface area contributed by atoms with Gasteiger partial charge in [-0.05, 0) is 46.5 Å². The molecule has 0 fully saturated rings. The number of thioether (sulfide) groups is 1. The summed E-state index contributed by atoms with van der Waals surface area (Å²) in [7, 11) is 0. The summed E-state index contributed by atoms with van der Waals surface area (Å²) in [5, 5.41) is 0. The molecule has 0 aliphatic rings. The van der Waals surface area contributed by atoms with Gasteiger partial charge in [0.1, 0.15) is 0 Å². The van der Waals surface area contributed by atoms with Crippen molar-refractivity contribution in [3.8, 4) is 0 Å². The van der Waals surface area contributed by atoms with Gasteiger partial charge in [-0.25, -0.2) is 0 Å². The lowest BCUT2D eigenvalue weighted by Gasteiger charge is -2.11. The van der Waals surface area contributed by atoms with Gasteiger partial charge in [-0.2, -0.15) is 0 Å². The van der Waals surface area contributed by atoms with E-state index in [1.54, 1.807) is 0 Å². The van der Waals surface area contributed by atoms with Crippen LogP contribution in [0.4, 0.5) is 0 Å². The summed E-state index contributed by atoms with van der Waals surface area (Å²) in [6.07, 6.45) is 1.24.